The van der Waals surface area contributed by atoms with Gasteiger partial charge in [-0.3, -0.25) is 9.59 Å². The number of hydrogen-bond acceptors (Lipinski definition) is 3. The molecule has 1 saturated heterocycles. The maximum Gasteiger partial charge on any atom is 0.253 e. The van der Waals surface area contributed by atoms with Crippen LogP contribution in [0.5, 0.6) is 5.75 Å². The summed E-state index contributed by atoms with van der Waals surface area (Å²) in [6.07, 6.45) is 1.48. The summed E-state index contributed by atoms with van der Waals surface area (Å²) >= 11 is 0. The minimum atomic E-state index is -0.379. The van der Waals surface area contributed by atoms with Gasteiger partial charge < -0.3 is 15.0 Å². The Kier molecular flexibility index (Phi) is 5.51. The number of anilines is 1. The number of halogens is 1. The molecule has 1 aliphatic heterocycles. The average Bonchev–Trinajstić information content (AvgIpc) is 2.68. The molecule has 1 fully saturated rings. The van der Waals surface area contributed by atoms with E-state index >= 15 is 0 Å². The molecule has 1 N–H and O–H groups in total. The van der Waals surface area contributed by atoms with Gasteiger partial charge in [0.2, 0.25) is 5.91 Å². The number of benzene rings is 2. The summed E-state index contributed by atoms with van der Waals surface area (Å²) in [5.41, 5.74) is 1.09. The summed E-state index contributed by atoms with van der Waals surface area (Å²) in [5.74, 6) is -0.284. The number of carbonyl (C=O) groups is 2. The molecule has 5 nitrogen and oxygen atoms in total. The van der Waals surface area contributed by atoms with Gasteiger partial charge in [-0.25, -0.2) is 4.39 Å². The molecule has 2 aromatic carbocycles. The maximum absolute atomic E-state index is 13.0. The summed E-state index contributed by atoms with van der Waals surface area (Å²) in [6.45, 7) is 0.950. The van der Waals surface area contributed by atoms with Crippen molar-refractivity contribution in [2.75, 3.05) is 25.5 Å². The van der Waals surface area contributed by atoms with Crippen molar-refractivity contribution in [1.29, 1.82) is 0 Å². The molecule has 0 aromatic heterocycles. The van der Waals surface area contributed by atoms with Crippen LogP contribution in [0.25, 0.3) is 0 Å². The minimum absolute atomic E-state index is 0.116. The standard InChI is InChI=1S/C20H21FN2O3/c1-26-18-6-2-5-17(12-18)22-19(24)15-4-3-11-23(13-15)20(25)14-7-9-16(21)10-8-14/h2,5-10,12,15H,3-4,11,13H2,1H3,(H,22,24)/t15-/m0/s1. The Balaban J connectivity index is 1.64. The van der Waals surface area contributed by atoms with Crippen LogP contribution in [-0.4, -0.2) is 36.9 Å². The molecule has 0 radical (unpaired) electrons. The first-order chi connectivity index (χ1) is 12.6. The van der Waals surface area contributed by atoms with Crippen LogP contribution in [0, 0.1) is 11.7 Å². The van der Waals surface area contributed by atoms with Gasteiger partial charge in [-0.15, -0.1) is 0 Å². The number of piperidine rings is 1. The molecule has 0 saturated carbocycles. The molecule has 0 unspecified atom stereocenters. The van der Waals surface area contributed by atoms with Crippen molar-refractivity contribution in [2.24, 2.45) is 5.92 Å². The average molecular weight is 356 g/mol. The number of nitrogens with zero attached hydrogens (tertiary/aromatic N) is 1. The fourth-order valence-electron chi connectivity index (χ4n) is 3.10. The molecule has 1 aliphatic rings. The lowest BCUT2D eigenvalue weighted by Gasteiger charge is -2.32. The highest BCUT2D eigenvalue weighted by molar-refractivity contribution is 5.96. The van der Waals surface area contributed by atoms with Gasteiger partial charge in [-0.2, -0.15) is 0 Å². The Bertz CT molecular complexity index is 792. The van der Waals surface area contributed by atoms with Gasteiger partial charge in [0.15, 0.2) is 0 Å². The third-order valence-corrected chi connectivity index (χ3v) is 4.51. The first kappa shape index (κ1) is 17.9. The Labute approximate surface area is 151 Å². The van der Waals surface area contributed by atoms with E-state index in [4.69, 9.17) is 4.74 Å². The third-order valence-electron chi connectivity index (χ3n) is 4.51. The zero-order chi connectivity index (χ0) is 18.5. The Morgan fingerprint density at radius 3 is 2.69 bits per heavy atom. The highest BCUT2D eigenvalue weighted by Gasteiger charge is 2.29. The van der Waals surface area contributed by atoms with E-state index in [1.54, 1.807) is 36.3 Å². The van der Waals surface area contributed by atoms with Crippen molar-refractivity contribution in [1.82, 2.24) is 4.90 Å². The van der Waals surface area contributed by atoms with Crippen LogP contribution in [0.2, 0.25) is 0 Å². The molecule has 1 atom stereocenters. The van der Waals surface area contributed by atoms with E-state index < -0.39 is 0 Å². The zero-order valence-corrected chi connectivity index (χ0v) is 14.6. The van der Waals surface area contributed by atoms with Crippen LogP contribution >= 0.6 is 0 Å². The lowest BCUT2D eigenvalue weighted by Crippen LogP contribution is -2.43. The van der Waals surface area contributed by atoms with E-state index in [2.05, 4.69) is 5.32 Å². The largest absolute Gasteiger partial charge is 0.497 e. The number of rotatable bonds is 4. The maximum atomic E-state index is 13.0. The van der Waals surface area contributed by atoms with E-state index in [-0.39, 0.29) is 23.5 Å². The second kappa shape index (κ2) is 7.99. The van der Waals surface area contributed by atoms with Gasteiger partial charge in [0.1, 0.15) is 11.6 Å². The summed E-state index contributed by atoms with van der Waals surface area (Å²) in [4.78, 5) is 26.8. The molecular formula is C20H21FN2O3. The van der Waals surface area contributed by atoms with Gasteiger partial charge >= 0.3 is 0 Å². The molecule has 26 heavy (non-hydrogen) atoms. The normalized spacial score (nSPS) is 16.8. The smallest absolute Gasteiger partial charge is 0.253 e. The Hall–Kier alpha value is -2.89. The SMILES string of the molecule is COc1cccc(NC(=O)[C@H]2CCCN(C(=O)c3ccc(F)cc3)C2)c1. The lowest BCUT2D eigenvalue weighted by molar-refractivity contribution is -0.121. The van der Waals surface area contributed by atoms with E-state index in [1.807, 2.05) is 0 Å². The van der Waals surface area contributed by atoms with Gasteiger partial charge in [0.25, 0.3) is 5.91 Å². The van der Waals surface area contributed by atoms with Gasteiger partial charge in [0.05, 0.1) is 13.0 Å². The molecule has 0 spiro atoms. The van der Waals surface area contributed by atoms with Gasteiger partial charge in [-0.05, 0) is 49.2 Å². The number of carbonyl (C=O) groups excluding carboxylic acids is 2. The van der Waals surface area contributed by atoms with Crippen molar-refractivity contribution < 1.29 is 18.7 Å². The summed E-state index contributed by atoms with van der Waals surface area (Å²) in [6, 6.07) is 12.6. The van der Waals surface area contributed by atoms with Gasteiger partial charge in [-0.1, -0.05) is 6.07 Å². The van der Waals surface area contributed by atoms with Crippen LogP contribution in [-0.2, 0) is 4.79 Å². The zero-order valence-electron chi connectivity index (χ0n) is 14.6. The first-order valence-electron chi connectivity index (χ1n) is 8.56. The number of ether oxygens (including phenoxy) is 1. The Morgan fingerprint density at radius 1 is 1.19 bits per heavy atom. The Morgan fingerprint density at radius 2 is 1.96 bits per heavy atom. The first-order valence-corrected chi connectivity index (χ1v) is 8.56. The van der Waals surface area contributed by atoms with E-state index in [0.717, 1.165) is 12.8 Å². The quantitative estimate of drug-likeness (QED) is 0.914. The van der Waals surface area contributed by atoms with Crippen molar-refractivity contribution >= 4 is 17.5 Å². The predicted octanol–water partition coefficient (Wildman–Crippen LogP) is 3.33. The summed E-state index contributed by atoms with van der Waals surface area (Å²) in [7, 11) is 1.57. The fourth-order valence-corrected chi connectivity index (χ4v) is 3.10. The number of nitrogens with one attached hydrogen (secondary N) is 1. The van der Waals surface area contributed by atoms with Crippen LogP contribution < -0.4 is 10.1 Å². The molecule has 2 aromatic rings. The van der Waals surface area contributed by atoms with Gasteiger partial charge in [0, 0.05) is 30.4 Å². The van der Waals surface area contributed by atoms with Crippen molar-refractivity contribution in [2.45, 2.75) is 12.8 Å². The molecule has 136 valence electrons. The van der Waals surface area contributed by atoms with Crippen LogP contribution in [0.3, 0.4) is 0 Å². The van der Waals surface area contributed by atoms with Crippen molar-refractivity contribution in [3.8, 4) is 5.75 Å². The summed E-state index contributed by atoms with van der Waals surface area (Å²) < 4.78 is 18.2. The van der Waals surface area contributed by atoms with Crippen LogP contribution in [0.1, 0.15) is 23.2 Å². The predicted molar refractivity (Wildman–Crippen MR) is 96.7 cm³/mol. The van der Waals surface area contributed by atoms with E-state index in [9.17, 15) is 14.0 Å². The molecule has 2 amide bonds. The van der Waals surface area contributed by atoms with Crippen LogP contribution in [0.4, 0.5) is 10.1 Å². The molecule has 3 rings (SSSR count). The second-order valence-corrected chi connectivity index (χ2v) is 6.32. The molecule has 0 aliphatic carbocycles. The number of hydrogen-bond donors (Lipinski definition) is 1. The molecule has 1 heterocycles. The number of amides is 2. The minimum Gasteiger partial charge on any atom is -0.497 e. The third kappa shape index (κ3) is 4.20. The topological polar surface area (TPSA) is 58.6 Å². The molecule has 6 heteroatoms. The fraction of sp³-hybridized carbons (Fsp3) is 0.300. The summed E-state index contributed by atoms with van der Waals surface area (Å²) in [5, 5.41) is 2.89. The van der Waals surface area contributed by atoms with E-state index in [1.165, 1.54) is 24.3 Å². The lowest BCUT2D eigenvalue weighted by atomic mass is 9.96. The second-order valence-electron chi connectivity index (χ2n) is 6.32. The number of methoxy groups -OCH3 is 1. The van der Waals surface area contributed by atoms with Crippen molar-refractivity contribution in [3.63, 3.8) is 0 Å². The molecular weight excluding hydrogens is 335 g/mol. The monoisotopic (exact) mass is 356 g/mol. The van der Waals surface area contributed by atoms with Crippen molar-refractivity contribution in [3.05, 3.63) is 59.9 Å². The highest BCUT2D eigenvalue weighted by atomic mass is 19.1. The van der Waals surface area contributed by atoms with Crippen LogP contribution in [0.15, 0.2) is 48.5 Å². The molecule has 0 bridgehead atoms. The highest BCUT2D eigenvalue weighted by Crippen LogP contribution is 2.22. The van der Waals surface area contributed by atoms with E-state index in [0.29, 0.717) is 30.1 Å². The number of likely N-dealkylation sites (tertiary alicyclic amines) is 1.